The quantitative estimate of drug-likeness (QED) is 0.413. The van der Waals surface area contributed by atoms with E-state index in [-0.39, 0.29) is 11.6 Å². The summed E-state index contributed by atoms with van der Waals surface area (Å²) in [7, 11) is 0. The molecule has 1 spiro atoms. The first kappa shape index (κ1) is 24.5. The van der Waals surface area contributed by atoms with Crippen molar-refractivity contribution in [3.05, 3.63) is 76.3 Å². The lowest BCUT2D eigenvalue weighted by molar-refractivity contribution is -0.136. The Balaban J connectivity index is 0.945. The molecule has 2 amide bonds. The van der Waals surface area contributed by atoms with Gasteiger partial charge in [0.15, 0.2) is 4.96 Å². The number of rotatable bonds is 5. The normalized spacial score (nSPS) is 20.3. The van der Waals surface area contributed by atoms with E-state index in [4.69, 9.17) is 5.73 Å². The van der Waals surface area contributed by atoms with E-state index >= 15 is 0 Å². The molecular formula is C30H32N6O2S. The van der Waals surface area contributed by atoms with E-state index in [9.17, 15) is 9.59 Å². The fraction of sp³-hybridized carbons (Fsp3) is 0.400. The van der Waals surface area contributed by atoms with Crippen molar-refractivity contribution >= 4 is 28.1 Å². The third-order valence-electron chi connectivity index (χ3n) is 8.89. The molecule has 2 fully saturated rings. The number of likely N-dealkylation sites (tertiary alicyclic amines) is 2. The SMILES string of the molecule is Cc1cn2cc(CC(=O)N3CCC4(CC3)CN([C@@H]3CCc5cc(-c6ccc(C(N)=O)nc6)ccc53)C4)nc2s1. The zero-order valence-corrected chi connectivity index (χ0v) is 22.9. The van der Waals surface area contributed by atoms with Crippen LogP contribution in [-0.4, -0.2) is 62.2 Å². The van der Waals surface area contributed by atoms with Crippen molar-refractivity contribution in [1.82, 2.24) is 24.2 Å². The third-order valence-corrected chi connectivity index (χ3v) is 9.80. The van der Waals surface area contributed by atoms with Gasteiger partial charge >= 0.3 is 0 Å². The molecule has 0 bridgehead atoms. The molecule has 1 aliphatic carbocycles. The Labute approximate surface area is 231 Å². The van der Waals surface area contributed by atoms with Crippen molar-refractivity contribution < 1.29 is 9.59 Å². The molecule has 7 rings (SSSR count). The first-order valence-corrected chi connectivity index (χ1v) is 14.5. The first-order chi connectivity index (χ1) is 18.9. The number of benzene rings is 1. The summed E-state index contributed by atoms with van der Waals surface area (Å²) in [5, 5.41) is 0. The molecule has 0 unspecified atom stereocenters. The molecule has 9 heteroatoms. The van der Waals surface area contributed by atoms with Crippen LogP contribution in [0.25, 0.3) is 16.1 Å². The van der Waals surface area contributed by atoms with Crippen LogP contribution < -0.4 is 5.73 Å². The summed E-state index contributed by atoms with van der Waals surface area (Å²) in [6.45, 7) is 6.01. The second-order valence-electron chi connectivity index (χ2n) is 11.5. The standard InChI is InChI=1S/C30H32N6O2S/c1-19-15-35-16-23(33-29(35)39-19)13-27(37)34-10-8-30(9-11-34)17-36(18-30)26-7-4-21-12-20(2-5-24(21)26)22-3-6-25(28(31)38)32-14-22/h2-3,5-6,12,14-16,26H,4,7-11,13,17-18H2,1H3,(H2,31,38)/t26-/m1/s1. The number of primary amides is 1. The van der Waals surface area contributed by atoms with Gasteiger partial charge in [-0.05, 0) is 60.8 Å². The molecule has 0 radical (unpaired) electrons. The van der Waals surface area contributed by atoms with Crippen LogP contribution in [0.15, 0.2) is 48.9 Å². The van der Waals surface area contributed by atoms with Crippen LogP contribution in [0.2, 0.25) is 0 Å². The molecule has 2 saturated heterocycles. The Morgan fingerprint density at radius 1 is 1.10 bits per heavy atom. The molecule has 4 aromatic rings. The van der Waals surface area contributed by atoms with Crippen LogP contribution in [-0.2, 0) is 17.6 Å². The van der Waals surface area contributed by atoms with Gasteiger partial charge in [-0.25, -0.2) is 4.98 Å². The average Bonchev–Trinajstić information content (AvgIpc) is 3.59. The minimum Gasteiger partial charge on any atom is -0.364 e. The molecule has 200 valence electrons. The van der Waals surface area contributed by atoms with Gasteiger partial charge in [-0.1, -0.05) is 24.3 Å². The Hall–Kier alpha value is -3.56. The number of imidazole rings is 1. The van der Waals surface area contributed by atoms with Crippen LogP contribution in [0.5, 0.6) is 0 Å². The van der Waals surface area contributed by atoms with Crippen molar-refractivity contribution in [3.63, 3.8) is 0 Å². The number of nitrogens with two attached hydrogens (primary N) is 1. The highest BCUT2D eigenvalue weighted by atomic mass is 32.1. The van der Waals surface area contributed by atoms with Gasteiger partial charge in [0.05, 0.1) is 12.1 Å². The van der Waals surface area contributed by atoms with Crippen molar-refractivity contribution in [2.75, 3.05) is 26.2 Å². The third kappa shape index (κ3) is 4.43. The summed E-state index contributed by atoms with van der Waals surface area (Å²) in [6.07, 6.45) is 10.6. The minimum absolute atomic E-state index is 0.198. The molecule has 39 heavy (non-hydrogen) atoms. The minimum atomic E-state index is -0.507. The lowest BCUT2D eigenvalue weighted by atomic mass is 9.71. The Morgan fingerprint density at radius 2 is 1.90 bits per heavy atom. The van der Waals surface area contributed by atoms with Crippen molar-refractivity contribution in [2.24, 2.45) is 11.1 Å². The largest absolute Gasteiger partial charge is 0.364 e. The van der Waals surface area contributed by atoms with E-state index in [0.717, 1.165) is 73.6 Å². The highest BCUT2D eigenvalue weighted by molar-refractivity contribution is 7.16. The van der Waals surface area contributed by atoms with Gasteiger partial charge in [-0.15, -0.1) is 11.3 Å². The highest BCUT2D eigenvalue weighted by Gasteiger charge is 2.48. The van der Waals surface area contributed by atoms with E-state index in [1.54, 1.807) is 23.6 Å². The van der Waals surface area contributed by atoms with Gasteiger partial charge in [-0.2, -0.15) is 0 Å². The predicted molar refractivity (Wildman–Crippen MR) is 151 cm³/mol. The number of fused-ring (bicyclic) bond motifs is 2. The van der Waals surface area contributed by atoms with Crippen LogP contribution in [0.4, 0.5) is 0 Å². The van der Waals surface area contributed by atoms with Crippen LogP contribution in [0.3, 0.4) is 0 Å². The van der Waals surface area contributed by atoms with Crippen molar-refractivity contribution in [3.8, 4) is 11.1 Å². The fourth-order valence-corrected chi connectivity index (χ4v) is 7.59. The van der Waals surface area contributed by atoms with Crippen LogP contribution in [0, 0.1) is 12.3 Å². The maximum absolute atomic E-state index is 13.0. The monoisotopic (exact) mass is 540 g/mol. The summed E-state index contributed by atoms with van der Waals surface area (Å²) < 4.78 is 2.03. The van der Waals surface area contributed by atoms with Gasteiger partial charge in [0.25, 0.3) is 5.91 Å². The van der Waals surface area contributed by atoms with Crippen molar-refractivity contribution in [2.45, 2.75) is 45.1 Å². The lowest BCUT2D eigenvalue weighted by Crippen LogP contribution is -2.61. The number of thiazole rings is 1. The van der Waals surface area contributed by atoms with Gasteiger partial charge in [-0.3, -0.25) is 23.9 Å². The van der Waals surface area contributed by atoms with Crippen LogP contribution in [0.1, 0.15) is 57.5 Å². The number of carbonyl (C=O) groups is 2. The number of hydrogen-bond acceptors (Lipinski definition) is 6. The molecule has 2 N–H and O–H groups in total. The molecule has 3 aliphatic rings. The number of piperidine rings is 1. The molecule has 5 heterocycles. The average molecular weight is 541 g/mol. The van der Waals surface area contributed by atoms with Gasteiger partial charge < -0.3 is 10.6 Å². The molecule has 0 saturated carbocycles. The number of pyridine rings is 1. The Kier molecular flexibility index (Phi) is 5.82. The molecular weight excluding hydrogens is 508 g/mol. The molecule has 8 nitrogen and oxygen atoms in total. The molecule has 3 aromatic heterocycles. The highest BCUT2D eigenvalue weighted by Crippen LogP contribution is 2.48. The van der Waals surface area contributed by atoms with Crippen molar-refractivity contribution in [1.29, 1.82) is 0 Å². The van der Waals surface area contributed by atoms with E-state index < -0.39 is 5.91 Å². The Morgan fingerprint density at radius 3 is 2.62 bits per heavy atom. The summed E-state index contributed by atoms with van der Waals surface area (Å²) in [5.74, 6) is -0.310. The van der Waals surface area contributed by atoms with Gasteiger partial charge in [0, 0.05) is 61.3 Å². The second-order valence-corrected chi connectivity index (χ2v) is 12.7. The summed E-state index contributed by atoms with van der Waals surface area (Å²) in [5.41, 5.74) is 11.8. The number of hydrogen-bond donors (Lipinski definition) is 1. The number of aromatic nitrogens is 3. The van der Waals surface area contributed by atoms with Crippen LogP contribution >= 0.6 is 11.3 Å². The summed E-state index contributed by atoms with van der Waals surface area (Å²) in [4.78, 5) is 40.0. The van der Waals surface area contributed by atoms with E-state index in [2.05, 4.69) is 46.2 Å². The van der Waals surface area contributed by atoms with E-state index in [1.807, 2.05) is 21.6 Å². The maximum atomic E-state index is 13.0. The molecule has 1 aromatic carbocycles. The topological polar surface area (TPSA) is 96.8 Å². The second kappa shape index (κ2) is 9.27. The first-order valence-electron chi connectivity index (χ1n) is 13.7. The van der Waals surface area contributed by atoms with Gasteiger partial charge in [0.2, 0.25) is 5.91 Å². The Bertz CT molecular complexity index is 1540. The number of carbonyl (C=O) groups excluding carboxylic acids is 2. The smallest absolute Gasteiger partial charge is 0.267 e. The number of aryl methyl sites for hydroxylation is 2. The molecule has 1 atom stereocenters. The number of amides is 2. The lowest BCUT2D eigenvalue weighted by Gasteiger charge is -2.56. The fourth-order valence-electron chi connectivity index (χ4n) is 6.76. The zero-order valence-electron chi connectivity index (χ0n) is 22.1. The van der Waals surface area contributed by atoms with E-state index in [0.29, 0.717) is 17.9 Å². The summed E-state index contributed by atoms with van der Waals surface area (Å²) >= 11 is 1.66. The van der Waals surface area contributed by atoms with Gasteiger partial charge in [0.1, 0.15) is 5.69 Å². The summed E-state index contributed by atoms with van der Waals surface area (Å²) in [6, 6.07) is 10.8. The molecule has 2 aliphatic heterocycles. The van der Waals surface area contributed by atoms with E-state index in [1.165, 1.54) is 16.0 Å². The number of nitrogens with zero attached hydrogens (tertiary/aromatic N) is 5. The zero-order chi connectivity index (χ0) is 26.7. The maximum Gasteiger partial charge on any atom is 0.267 e. The predicted octanol–water partition coefficient (Wildman–Crippen LogP) is 4.02.